The summed E-state index contributed by atoms with van der Waals surface area (Å²) in [5.41, 5.74) is 4.78. The zero-order chi connectivity index (χ0) is 24.6. The fourth-order valence-electron chi connectivity index (χ4n) is 3.43. The topological polar surface area (TPSA) is 98.2 Å². The van der Waals surface area contributed by atoms with Gasteiger partial charge in [-0.25, -0.2) is 5.43 Å². The molecule has 1 atom stereocenters. The summed E-state index contributed by atoms with van der Waals surface area (Å²) in [6.45, 7) is 4.31. The van der Waals surface area contributed by atoms with Crippen LogP contribution in [0.5, 0.6) is 17.2 Å². The molecule has 8 nitrogen and oxygen atoms in total. The molecule has 8 heteroatoms. The van der Waals surface area contributed by atoms with Crippen molar-refractivity contribution < 1.29 is 23.8 Å². The lowest BCUT2D eigenvalue weighted by molar-refractivity contribution is -0.123. The van der Waals surface area contributed by atoms with Crippen LogP contribution >= 0.6 is 0 Å². The van der Waals surface area contributed by atoms with Crippen molar-refractivity contribution in [1.29, 1.82) is 0 Å². The maximum atomic E-state index is 12.7. The van der Waals surface area contributed by atoms with Crippen LogP contribution in [0.4, 0.5) is 0 Å². The first-order chi connectivity index (χ1) is 17.0. The first-order valence-electron chi connectivity index (χ1n) is 11.3. The summed E-state index contributed by atoms with van der Waals surface area (Å²) in [5.74, 6) is 0.889. The molecule has 180 valence electrons. The lowest BCUT2D eigenvalue weighted by Crippen LogP contribution is -2.48. The van der Waals surface area contributed by atoms with Crippen molar-refractivity contribution in [3.63, 3.8) is 0 Å². The van der Waals surface area contributed by atoms with Gasteiger partial charge in [-0.3, -0.25) is 9.59 Å². The molecular weight excluding hydrogens is 446 g/mol. The molecule has 35 heavy (non-hydrogen) atoms. The van der Waals surface area contributed by atoms with Gasteiger partial charge in [0.05, 0.1) is 6.21 Å². The fourth-order valence-corrected chi connectivity index (χ4v) is 3.43. The van der Waals surface area contributed by atoms with E-state index in [0.29, 0.717) is 23.7 Å². The van der Waals surface area contributed by atoms with E-state index in [1.165, 1.54) is 6.21 Å². The van der Waals surface area contributed by atoms with Crippen LogP contribution in [0.15, 0.2) is 77.9 Å². The second-order valence-electron chi connectivity index (χ2n) is 8.34. The second-order valence-corrected chi connectivity index (χ2v) is 8.34. The first-order valence-corrected chi connectivity index (χ1v) is 11.3. The van der Waals surface area contributed by atoms with Crippen LogP contribution in [0, 0.1) is 5.92 Å². The zero-order valence-electron chi connectivity index (χ0n) is 19.6. The number of carbonyl (C=O) groups excluding carboxylic acids is 2. The van der Waals surface area contributed by atoms with E-state index in [4.69, 9.17) is 14.2 Å². The largest absolute Gasteiger partial charge is 0.489 e. The summed E-state index contributed by atoms with van der Waals surface area (Å²) in [4.78, 5) is 25.4. The second kappa shape index (κ2) is 11.2. The lowest BCUT2D eigenvalue weighted by atomic mass is 10.0. The van der Waals surface area contributed by atoms with Gasteiger partial charge in [-0.2, -0.15) is 5.10 Å². The van der Waals surface area contributed by atoms with Crippen molar-refractivity contribution in [1.82, 2.24) is 10.7 Å². The number of hydrogen-bond donors (Lipinski definition) is 2. The molecular formula is C27H27N3O5. The minimum absolute atomic E-state index is 0.124. The Morgan fingerprint density at radius 2 is 1.74 bits per heavy atom. The molecule has 0 spiro atoms. The number of benzene rings is 3. The van der Waals surface area contributed by atoms with Crippen LogP contribution in [0.2, 0.25) is 0 Å². The molecule has 0 fully saturated rings. The highest BCUT2D eigenvalue weighted by atomic mass is 16.7. The molecule has 2 N–H and O–H groups in total. The smallest absolute Gasteiger partial charge is 0.262 e. The van der Waals surface area contributed by atoms with Crippen LogP contribution in [-0.2, 0) is 11.4 Å². The van der Waals surface area contributed by atoms with Crippen molar-refractivity contribution in [2.75, 3.05) is 6.79 Å². The maximum Gasteiger partial charge on any atom is 0.262 e. The van der Waals surface area contributed by atoms with Gasteiger partial charge < -0.3 is 19.5 Å². The minimum atomic E-state index is -0.765. The summed E-state index contributed by atoms with van der Waals surface area (Å²) in [6.07, 6.45) is 1.54. The van der Waals surface area contributed by atoms with E-state index in [9.17, 15) is 9.59 Å². The Kier molecular flexibility index (Phi) is 7.62. The van der Waals surface area contributed by atoms with Gasteiger partial charge in [0.25, 0.3) is 11.8 Å². The SMILES string of the molecule is CC(C)C(NC(=O)c1ccc2c(c1)OCO2)C(=O)NN=Cc1ccc(OCc2ccccc2)cc1. The number of fused-ring (bicyclic) bond motifs is 1. The van der Waals surface area contributed by atoms with Gasteiger partial charge in [-0.05, 0) is 59.5 Å². The van der Waals surface area contributed by atoms with Crippen molar-refractivity contribution in [2.24, 2.45) is 11.0 Å². The highest BCUT2D eigenvalue weighted by Gasteiger charge is 2.25. The number of ether oxygens (including phenoxy) is 3. The van der Waals surface area contributed by atoms with Crippen molar-refractivity contribution in [3.8, 4) is 17.2 Å². The Balaban J connectivity index is 1.30. The lowest BCUT2D eigenvalue weighted by Gasteiger charge is -2.20. The fraction of sp³-hybridized carbons (Fsp3) is 0.222. The summed E-state index contributed by atoms with van der Waals surface area (Å²) in [5, 5.41) is 6.81. The molecule has 1 aliphatic rings. The van der Waals surface area contributed by atoms with Crippen LogP contribution in [-0.4, -0.2) is 30.9 Å². The van der Waals surface area contributed by atoms with Crippen molar-refractivity contribution in [2.45, 2.75) is 26.5 Å². The highest BCUT2D eigenvalue weighted by molar-refractivity contribution is 5.98. The van der Waals surface area contributed by atoms with Crippen LogP contribution in [0.25, 0.3) is 0 Å². The molecule has 0 saturated carbocycles. The number of nitrogens with zero attached hydrogens (tertiary/aromatic N) is 1. The molecule has 1 aliphatic heterocycles. The van der Waals surface area contributed by atoms with E-state index >= 15 is 0 Å². The van der Waals surface area contributed by atoms with E-state index < -0.39 is 11.9 Å². The average molecular weight is 474 g/mol. The molecule has 2 amide bonds. The summed E-state index contributed by atoms with van der Waals surface area (Å²) >= 11 is 0. The van der Waals surface area contributed by atoms with E-state index in [2.05, 4.69) is 15.8 Å². The molecule has 1 heterocycles. The molecule has 0 bridgehead atoms. The normalized spacial score (nSPS) is 13.0. The quantitative estimate of drug-likeness (QED) is 0.363. The summed E-state index contributed by atoms with van der Waals surface area (Å²) in [6, 6.07) is 21.4. The van der Waals surface area contributed by atoms with Crippen LogP contribution < -0.4 is 25.0 Å². The van der Waals surface area contributed by atoms with Gasteiger partial charge in [-0.15, -0.1) is 0 Å². The van der Waals surface area contributed by atoms with Crippen molar-refractivity contribution >= 4 is 18.0 Å². The van der Waals surface area contributed by atoms with Gasteiger partial charge in [0.15, 0.2) is 11.5 Å². The third kappa shape index (κ3) is 6.38. The molecule has 4 rings (SSSR count). The minimum Gasteiger partial charge on any atom is -0.489 e. The summed E-state index contributed by atoms with van der Waals surface area (Å²) in [7, 11) is 0. The van der Waals surface area contributed by atoms with Gasteiger partial charge in [0, 0.05) is 5.56 Å². The molecule has 0 radical (unpaired) electrons. The average Bonchev–Trinajstić information content (AvgIpc) is 3.35. The third-order valence-corrected chi connectivity index (χ3v) is 5.39. The Labute approximate surface area is 203 Å². The number of amides is 2. The van der Waals surface area contributed by atoms with Gasteiger partial charge in [0.1, 0.15) is 18.4 Å². The highest BCUT2D eigenvalue weighted by Crippen LogP contribution is 2.32. The molecule has 3 aromatic carbocycles. The summed E-state index contributed by atoms with van der Waals surface area (Å²) < 4.78 is 16.4. The van der Waals surface area contributed by atoms with E-state index in [1.54, 1.807) is 18.2 Å². The zero-order valence-corrected chi connectivity index (χ0v) is 19.6. The van der Waals surface area contributed by atoms with Crippen molar-refractivity contribution in [3.05, 3.63) is 89.5 Å². The number of hydrazone groups is 1. The standard InChI is InChI=1S/C27H27N3O5/c1-18(2)25(29-26(31)21-10-13-23-24(14-21)35-17-34-23)27(32)30-28-15-19-8-11-22(12-9-19)33-16-20-6-4-3-5-7-20/h3-15,18,25H,16-17H2,1-2H3,(H,29,31)(H,30,32). The Morgan fingerprint density at radius 1 is 1.00 bits per heavy atom. The third-order valence-electron chi connectivity index (χ3n) is 5.39. The Morgan fingerprint density at radius 3 is 2.49 bits per heavy atom. The monoisotopic (exact) mass is 473 g/mol. The van der Waals surface area contributed by atoms with Crippen LogP contribution in [0.3, 0.4) is 0 Å². The molecule has 0 aromatic heterocycles. The number of nitrogens with one attached hydrogen (secondary N) is 2. The number of rotatable bonds is 9. The van der Waals surface area contributed by atoms with Gasteiger partial charge in [-0.1, -0.05) is 44.2 Å². The van der Waals surface area contributed by atoms with E-state index in [0.717, 1.165) is 16.9 Å². The first kappa shape index (κ1) is 23.8. The molecule has 0 aliphatic carbocycles. The molecule has 0 saturated heterocycles. The van der Waals surface area contributed by atoms with E-state index in [-0.39, 0.29) is 18.6 Å². The van der Waals surface area contributed by atoms with Gasteiger partial charge in [0.2, 0.25) is 6.79 Å². The Hall–Kier alpha value is -4.33. The Bertz CT molecular complexity index is 1190. The number of carbonyl (C=O) groups is 2. The molecule has 1 unspecified atom stereocenters. The van der Waals surface area contributed by atoms with Crippen LogP contribution in [0.1, 0.15) is 35.3 Å². The van der Waals surface area contributed by atoms with E-state index in [1.807, 2.05) is 68.4 Å². The predicted molar refractivity (Wildman–Crippen MR) is 132 cm³/mol. The molecule has 3 aromatic rings. The maximum absolute atomic E-state index is 12.7. The van der Waals surface area contributed by atoms with Gasteiger partial charge >= 0.3 is 0 Å². The number of hydrogen-bond acceptors (Lipinski definition) is 6. The predicted octanol–water partition coefficient (Wildman–Crippen LogP) is 3.90.